The van der Waals surface area contributed by atoms with Gasteiger partial charge in [0.25, 0.3) is 0 Å². The lowest BCUT2D eigenvalue weighted by atomic mass is 10.0. The number of hydrogen-bond acceptors (Lipinski definition) is 3. The van der Waals surface area contributed by atoms with Gasteiger partial charge in [-0.05, 0) is 12.1 Å². The van der Waals surface area contributed by atoms with Crippen molar-refractivity contribution in [2.45, 2.75) is 6.18 Å². The maximum atomic E-state index is 12.4. The molecule has 0 saturated carbocycles. The summed E-state index contributed by atoms with van der Waals surface area (Å²) in [5, 5.41) is 8.81. The van der Waals surface area contributed by atoms with Gasteiger partial charge in [0, 0.05) is 31.8 Å². The first-order valence-electron chi connectivity index (χ1n) is 4.90. The molecule has 1 aliphatic rings. The average molecular weight is 232 g/mol. The van der Waals surface area contributed by atoms with Crippen molar-refractivity contribution in [3.05, 3.63) is 23.9 Å². The topological polar surface area (TPSA) is 36.4 Å². The van der Waals surface area contributed by atoms with Crippen molar-refractivity contribution in [1.82, 2.24) is 4.98 Å². The van der Waals surface area contributed by atoms with Crippen LogP contribution in [0.5, 0.6) is 0 Å². The Morgan fingerprint density at radius 3 is 2.69 bits per heavy atom. The molecule has 1 aromatic heterocycles. The number of rotatable bonds is 2. The zero-order valence-electron chi connectivity index (χ0n) is 8.41. The Hall–Kier alpha value is -1.30. The van der Waals surface area contributed by atoms with Gasteiger partial charge in [0.15, 0.2) is 0 Å². The largest absolute Gasteiger partial charge is 0.416 e. The number of aliphatic hydroxyl groups is 1. The third-order valence-corrected chi connectivity index (χ3v) is 2.61. The Morgan fingerprint density at radius 1 is 1.44 bits per heavy atom. The van der Waals surface area contributed by atoms with Gasteiger partial charge in [-0.25, -0.2) is 4.98 Å². The fraction of sp³-hybridized carbons (Fsp3) is 0.500. The molecule has 0 unspecified atom stereocenters. The van der Waals surface area contributed by atoms with E-state index in [0.717, 1.165) is 18.3 Å². The van der Waals surface area contributed by atoms with E-state index in [2.05, 4.69) is 4.98 Å². The van der Waals surface area contributed by atoms with Crippen LogP contribution in [0.4, 0.5) is 19.0 Å². The Kier molecular flexibility index (Phi) is 2.75. The van der Waals surface area contributed by atoms with E-state index in [0.29, 0.717) is 18.9 Å². The van der Waals surface area contributed by atoms with E-state index in [1.54, 1.807) is 4.90 Å². The minimum absolute atomic E-state index is 0.0649. The lowest BCUT2D eigenvalue weighted by molar-refractivity contribution is -0.137. The van der Waals surface area contributed by atoms with Crippen LogP contribution < -0.4 is 4.90 Å². The van der Waals surface area contributed by atoms with Crippen LogP contribution >= 0.6 is 0 Å². The van der Waals surface area contributed by atoms with E-state index in [9.17, 15) is 13.2 Å². The number of hydrogen-bond donors (Lipinski definition) is 1. The predicted molar refractivity (Wildman–Crippen MR) is 52.0 cm³/mol. The SMILES string of the molecule is OCC1CN(c2cc(C(F)(F)F)ccn2)C1. The minimum Gasteiger partial charge on any atom is -0.396 e. The molecule has 1 aromatic rings. The highest BCUT2D eigenvalue weighted by molar-refractivity contribution is 5.44. The second-order valence-corrected chi connectivity index (χ2v) is 3.85. The van der Waals surface area contributed by atoms with Gasteiger partial charge in [-0.3, -0.25) is 0 Å². The molecule has 2 rings (SSSR count). The van der Waals surface area contributed by atoms with Crippen LogP contribution in [-0.4, -0.2) is 29.8 Å². The molecule has 0 spiro atoms. The summed E-state index contributed by atoms with van der Waals surface area (Å²) in [6.45, 7) is 1.19. The molecule has 0 aromatic carbocycles. The lowest BCUT2D eigenvalue weighted by Gasteiger charge is -2.39. The third kappa shape index (κ3) is 2.11. The number of pyridine rings is 1. The van der Waals surface area contributed by atoms with E-state index in [1.807, 2.05) is 0 Å². The predicted octanol–water partition coefficient (Wildman–Crippen LogP) is 1.53. The summed E-state index contributed by atoms with van der Waals surface area (Å²) in [5.41, 5.74) is -0.690. The van der Waals surface area contributed by atoms with Crippen molar-refractivity contribution >= 4 is 5.82 Å². The summed E-state index contributed by atoms with van der Waals surface area (Å²) in [7, 11) is 0. The van der Waals surface area contributed by atoms with Crippen LogP contribution in [-0.2, 0) is 6.18 Å². The van der Waals surface area contributed by atoms with E-state index >= 15 is 0 Å². The van der Waals surface area contributed by atoms with Gasteiger partial charge in [-0.15, -0.1) is 0 Å². The molecule has 0 radical (unpaired) electrons. The van der Waals surface area contributed by atoms with Crippen molar-refractivity contribution in [3.63, 3.8) is 0 Å². The fourth-order valence-electron chi connectivity index (χ4n) is 1.64. The Balaban J connectivity index is 2.12. The highest BCUT2D eigenvalue weighted by Gasteiger charge is 2.33. The summed E-state index contributed by atoms with van der Waals surface area (Å²) < 4.78 is 37.2. The van der Waals surface area contributed by atoms with Gasteiger partial charge in [0.2, 0.25) is 0 Å². The van der Waals surface area contributed by atoms with Gasteiger partial charge >= 0.3 is 6.18 Å². The second-order valence-electron chi connectivity index (χ2n) is 3.85. The molecule has 88 valence electrons. The molecule has 1 fully saturated rings. The van der Waals surface area contributed by atoms with Crippen LogP contribution in [0.15, 0.2) is 18.3 Å². The summed E-state index contributed by atoms with van der Waals surface area (Å²) in [6, 6.07) is 1.99. The minimum atomic E-state index is -4.33. The van der Waals surface area contributed by atoms with Crippen molar-refractivity contribution in [3.8, 4) is 0 Å². The Labute approximate surface area is 90.5 Å². The number of aliphatic hydroxyl groups excluding tert-OH is 1. The molecule has 2 heterocycles. The van der Waals surface area contributed by atoms with Gasteiger partial charge in [0.05, 0.1) is 5.56 Å². The molecule has 1 aliphatic heterocycles. The Bertz CT molecular complexity index is 375. The molecule has 0 atom stereocenters. The molecule has 0 aliphatic carbocycles. The van der Waals surface area contributed by atoms with Gasteiger partial charge < -0.3 is 10.0 Å². The molecule has 3 nitrogen and oxygen atoms in total. The number of aromatic nitrogens is 1. The van der Waals surface area contributed by atoms with Gasteiger partial charge in [-0.1, -0.05) is 0 Å². The van der Waals surface area contributed by atoms with Gasteiger partial charge in [0.1, 0.15) is 5.82 Å². The van der Waals surface area contributed by atoms with Crippen LogP contribution in [0, 0.1) is 5.92 Å². The highest BCUT2D eigenvalue weighted by Crippen LogP contribution is 2.32. The second kappa shape index (κ2) is 3.93. The number of alkyl halides is 3. The van der Waals surface area contributed by atoms with Crippen molar-refractivity contribution < 1.29 is 18.3 Å². The lowest BCUT2D eigenvalue weighted by Crippen LogP contribution is -2.48. The summed E-state index contributed by atoms with van der Waals surface area (Å²) in [4.78, 5) is 5.61. The zero-order chi connectivity index (χ0) is 11.8. The molecule has 16 heavy (non-hydrogen) atoms. The average Bonchev–Trinajstić information content (AvgIpc) is 2.15. The monoisotopic (exact) mass is 232 g/mol. The fourth-order valence-corrected chi connectivity index (χ4v) is 1.64. The van der Waals surface area contributed by atoms with Crippen LogP contribution in [0.3, 0.4) is 0 Å². The molecule has 6 heteroatoms. The molecule has 0 bridgehead atoms. The third-order valence-electron chi connectivity index (χ3n) is 2.61. The first-order valence-corrected chi connectivity index (χ1v) is 4.90. The smallest absolute Gasteiger partial charge is 0.396 e. The standard InChI is InChI=1S/C10H11F3N2O/c11-10(12,13)8-1-2-14-9(3-8)15-4-7(5-15)6-16/h1-3,7,16H,4-6H2. The number of halogens is 3. The van der Waals surface area contributed by atoms with E-state index in [4.69, 9.17) is 5.11 Å². The maximum Gasteiger partial charge on any atom is 0.416 e. The van der Waals surface area contributed by atoms with Gasteiger partial charge in [-0.2, -0.15) is 13.2 Å². The first kappa shape index (κ1) is 11.2. The maximum absolute atomic E-state index is 12.4. The summed E-state index contributed by atoms with van der Waals surface area (Å²) >= 11 is 0. The van der Waals surface area contributed by atoms with Crippen molar-refractivity contribution in [2.24, 2.45) is 5.92 Å². The normalized spacial score (nSPS) is 17.4. The summed E-state index contributed by atoms with van der Waals surface area (Å²) in [6.07, 6.45) is -3.18. The Morgan fingerprint density at radius 2 is 2.12 bits per heavy atom. The zero-order valence-corrected chi connectivity index (χ0v) is 8.41. The molecule has 1 N–H and O–H groups in total. The number of anilines is 1. The molecular weight excluding hydrogens is 221 g/mol. The first-order chi connectivity index (χ1) is 7.50. The van der Waals surface area contributed by atoms with Crippen molar-refractivity contribution in [1.29, 1.82) is 0 Å². The van der Waals surface area contributed by atoms with Crippen molar-refractivity contribution in [2.75, 3.05) is 24.6 Å². The van der Waals surface area contributed by atoms with E-state index in [1.165, 1.54) is 0 Å². The molecule has 1 saturated heterocycles. The van der Waals surface area contributed by atoms with E-state index in [-0.39, 0.29) is 12.5 Å². The molecular formula is C10H11F3N2O. The number of nitrogens with zero attached hydrogens (tertiary/aromatic N) is 2. The quantitative estimate of drug-likeness (QED) is 0.840. The molecule has 0 amide bonds. The van der Waals surface area contributed by atoms with E-state index < -0.39 is 11.7 Å². The van der Waals surface area contributed by atoms with Crippen LogP contribution in [0.2, 0.25) is 0 Å². The van der Waals surface area contributed by atoms with Crippen LogP contribution in [0.25, 0.3) is 0 Å². The summed E-state index contributed by atoms with van der Waals surface area (Å²) in [5.74, 6) is 0.468. The van der Waals surface area contributed by atoms with Crippen LogP contribution in [0.1, 0.15) is 5.56 Å². The highest BCUT2D eigenvalue weighted by atomic mass is 19.4.